The van der Waals surface area contributed by atoms with Gasteiger partial charge in [-0.15, -0.1) is 0 Å². The normalized spacial score (nSPS) is 24.8. The van der Waals surface area contributed by atoms with Crippen LogP contribution in [0, 0.1) is 0 Å². The molecule has 1 rings (SSSR count). The van der Waals surface area contributed by atoms with Crippen molar-refractivity contribution in [1.82, 2.24) is 15.1 Å². The number of likely N-dealkylation sites (N-methyl/N-ethyl adjacent to an activating group) is 2. The Balaban J connectivity index is 2.21. The summed E-state index contributed by atoms with van der Waals surface area (Å²) in [6, 6.07) is 0.730. The predicted molar refractivity (Wildman–Crippen MR) is 86.2 cm³/mol. The third kappa shape index (κ3) is 5.68. The van der Waals surface area contributed by atoms with E-state index in [2.05, 4.69) is 42.9 Å². The van der Waals surface area contributed by atoms with E-state index in [1.807, 2.05) is 0 Å². The van der Waals surface area contributed by atoms with Crippen LogP contribution in [0.25, 0.3) is 0 Å². The van der Waals surface area contributed by atoms with Gasteiger partial charge in [-0.25, -0.2) is 0 Å². The molecule has 0 saturated carbocycles. The molecule has 4 heteroatoms. The Morgan fingerprint density at radius 1 is 1.25 bits per heavy atom. The van der Waals surface area contributed by atoms with E-state index in [-0.39, 0.29) is 12.1 Å². The first kappa shape index (κ1) is 17.9. The lowest BCUT2D eigenvalue weighted by molar-refractivity contribution is 0.0906. The Kier molecular flexibility index (Phi) is 8.03. The largest absolute Gasteiger partial charge is 0.394 e. The quantitative estimate of drug-likeness (QED) is 0.630. The number of aliphatic hydroxyl groups is 1. The smallest absolute Gasteiger partial charge is 0.0610 e. The predicted octanol–water partition coefficient (Wildman–Crippen LogP) is 1.54. The molecule has 120 valence electrons. The molecule has 0 spiro atoms. The summed E-state index contributed by atoms with van der Waals surface area (Å²) in [6.07, 6.45) is 4.73. The van der Waals surface area contributed by atoms with Crippen LogP contribution in [0.15, 0.2) is 0 Å². The van der Waals surface area contributed by atoms with Crippen LogP contribution in [-0.2, 0) is 0 Å². The number of rotatable bonds is 9. The fourth-order valence-corrected chi connectivity index (χ4v) is 3.16. The third-order valence-corrected chi connectivity index (χ3v) is 4.74. The molecule has 1 saturated heterocycles. The van der Waals surface area contributed by atoms with Crippen LogP contribution in [-0.4, -0.2) is 72.9 Å². The molecule has 0 aromatic rings. The van der Waals surface area contributed by atoms with Gasteiger partial charge in [0.2, 0.25) is 0 Å². The van der Waals surface area contributed by atoms with Gasteiger partial charge >= 0.3 is 0 Å². The van der Waals surface area contributed by atoms with Gasteiger partial charge < -0.3 is 20.2 Å². The molecule has 0 aromatic heterocycles. The summed E-state index contributed by atoms with van der Waals surface area (Å²) < 4.78 is 0. The lowest BCUT2D eigenvalue weighted by atomic mass is 9.95. The number of unbranched alkanes of at least 4 members (excludes halogenated alkanes) is 1. The highest BCUT2D eigenvalue weighted by atomic mass is 16.3. The van der Waals surface area contributed by atoms with Crippen LogP contribution in [0.4, 0.5) is 0 Å². The number of aliphatic hydroxyl groups excluding tert-OH is 1. The Labute approximate surface area is 125 Å². The SMILES string of the molecule is CCNC(C)(CO)CCCCN1CCN(C)C(CC)C1. The van der Waals surface area contributed by atoms with Gasteiger partial charge in [0.05, 0.1) is 6.61 Å². The second-order valence-corrected chi connectivity index (χ2v) is 6.55. The highest BCUT2D eigenvalue weighted by Crippen LogP contribution is 2.15. The molecule has 1 heterocycles. The van der Waals surface area contributed by atoms with Gasteiger partial charge in [-0.05, 0) is 46.3 Å². The van der Waals surface area contributed by atoms with E-state index in [0.717, 1.165) is 19.0 Å². The van der Waals surface area contributed by atoms with Gasteiger partial charge in [0.15, 0.2) is 0 Å². The fraction of sp³-hybridized carbons (Fsp3) is 1.00. The number of piperazine rings is 1. The lowest BCUT2D eigenvalue weighted by Crippen LogP contribution is -2.51. The van der Waals surface area contributed by atoms with Gasteiger partial charge in [0.25, 0.3) is 0 Å². The van der Waals surface area contributed by atoms with E-state index in [4.69, 9.17) is 0 Å². The first-order valence-electron chi connectivity index (χ1n) is 8.33. The Morgan fingerprint density at radius 3 is 2.60 bits per heavy atom. The Bertz CT molecular complexity index is 262. The molecule has 1 fully saturated rings. The zero-order valence-corrected chi connectivity index (χ0v) is 14.0. The second-order valence-electron chi connectivity index (χ2n) is 6.55. The minimum atomic E-state index is -0.0944. The molecule has 2 unspecified atom stereocenters. The van der Waals surface area contributed by atoms with E-state index in [0.29, 0.717) is 0 Å². The summed E-state index contributed by atoms with van der Waals surface area (Å²) >= 11 is 0. The maximum Gasteiger partial charge on any atom is 0.0610 e. The number of hydrogen-bond donors (Lipinski definition) is 2. The summed E-state index contributed by atoms with van der Waals surface area (Å²) in [5.41, 5.74) is -0.0944. The van der Waals surface area contributed by atoms with Crippen molar-refractivity contribution in [2.75, 3.05) is 46.4 Å². The molecule has 0 aromatic carbocycles. The van der Waals surface area contributed by atoms with Gasteiger partial charge in [-0.2, -0.15) is 0 Å². The average molecular weight is 285 g/mol. The standard InChI is InChI=1S/C16H35N3O/c1-5-15-13-19(12-11-18(15)4)10-8-7-9-16(3,14-20)17-6-2/h15,17,20H,5-14H2,1-4H3. The molecule has 0 radical (unpaired) electrons. The van der Waals surface area contributed by atoms with Crippen molar-refractivity contribution in [3.63, 3.8) is 0 Å². The van der Waals surface area contributed by atoms with Crippen LogP contribution < -0.4 is 5.32 Å². The first-order valence-corrected chi connectivity index (χ1v) is 8.33. The molecule has 4 nitrogen and oxygen atoms in total. The summed E-state index contributed by atoms with van der Waals surface area (Å²) in [5.74, 6) is 0. The summed E-state index contributed by atoms with van der Waals surface area (Å²) in [4.78, 5) is 5.10. The molecule has 0 bridgehead atoms. The number of hydrogen-bond acceptors (Lipinski definition) is 4. The van der Waals surface area contributed by atoms with Crippen molar-refractivity contribution in [1.29, 1.82) is 0 Å². The first-order chi connectivity index (χ1) is 9.54. The van der Waals surface area contributed by atoms with Crippen molar-refractivity contribution in [2.24, 2.45) is 0 Å². The van der Waals surface area contributed by atoms with Crippen LogP contribution in [0.2, 0.25) is 0 Å². The number of nitrogens with one attached hydrogen (secondary N) is 1. The molecular weight excluding hydrogens is 250 g/mol. The van der Waals surface area contributed by atoms with Crippen molar-refractivity contribution >= 4 is 0 Å². The minimum absolute atomic E-state index is 0.0944. The zero-order valence-electron chi connectivity index (χ0n) is 14.0. The van der Waals surface area contributed by atoms with E-state index < -0.39 is 0 Å². The Morgan fingerprint density at radius 2 is 2.00 bits per heavy atom. The van der Waals surface area contributed by atoms with Crippen LogP contribution in [0.3, 0.4) is 0 Å². The molecule has 1 aliphatic heterocycles. The Hall–Kier alpha value is -0.160. The average Bonchev–Trinajstić information content (AvgIpc) is 2.45. The van der Waals surface area contributed by atoms with Crippen molar-refractivity contribution in [2.45, 2.75) is 58.0 Å². The van der Waals surface area contributed by atoms with Gasteiger partial charge in [-0.3, -0.25) is 0 Å². The summed E-state index contributed by atoms with van der Waals surface area (Å²) in [6.45, 7) is 12.5. The molecule has 0 aliphatic carbocycles. The highest BCUT2D eigenvalue weighted by Gasteiger charge is 2.23. The zero-order chi connectivity index (χ0) is 15.0. The second kappa shape index (κ2) is 8.98. The topological polar surface area (TPSA) is 38.7 Å². The molecule has 2 atom stereocenters. The lowest BCUT2D eigenvalue weighted by Gasteiger charge is -2.39. The molecule has 1 aliphatic rings. The van der Waals surface area contributed by atoms with Crippen LogP contribution in [0.5, 0.6) is 0 Å². The van der Waals surface area contributed by atoms with Crippen LogP contribution >= 0.6 is 0 Å². The van der Waals surface area contributed by atoms with E-state index in [9.17, 15) is 5.11 Å². The maximum absolute atomic E-state index is 9.48. The summed E-state index contributed by atoms with van der Waals surface area (Å²) in [5, 5.41) is 12.9. The highest BCUT2D eigenvalue weighted by molar-refractivity contribution is 4.82. The van der Waals surface area contributed by atoms with Crippen molar-refractivity contribution in [3.8, 4) is 0 Å². The molecular formula is C16H35N3O. The van der Waals surface area contributed by atoms with Crippen LogP contribution in [0.1, 0.15) is 46.5 Å². The molecule has 0 amide bonds. The van der Waals surface area contributed by atoms with Crippen molar-refractivity contribution in [3.05, 3.63) is 0 Å². The summed E-state index contributed by atoms with van der Waals surface area (Å²) in [7, 11) is 2.24. The molecule has 2 N–H and O–H groups in total. The van der Waals surface area contributed by atoms with E-state index in [1.54, 1.807) is 0 Å². The minimum Gasteiger partial charge on any atom is -0.394 e. The maximum atomic E-state index is 9.48. The van der Waals surface area contributed by atoms with Gasteiger partial charge in [0, 0.05) is 31.2 Å². The molecule has 20 heavy (non-hydrogen) atoms. The third-order valence-electron chi connectivity index (χ3n) is 4.74. The van der Waals surface area contributed by atoms with Gasteiger partial charge in [-0.1, -0.05) is 20.3 Å². The van der Waals surface area contributed by atoms with E-state index >= 15 is 0 Å². The number of nitrogens with zero attached hydrogens (tertiary/aromatic N) is 2. The van der Waals surface area contributed by atoms with Crippen molar-refractivity contribution < 1.29 is 5.11 Å². The van der Waals surface area contributed by atoms with Gasteiger partial charge in [0.1, 0.15) is 0 Å². The fourth-order valence-electron chi connectivity index (χ4n) is 3.16. The monoisotopic (exact) mass is 285 g/mol. The van der Waals surface area contributed by atoms with E-state index in [1.165, 1.54) is 45.4 Å².